The van der Waals surface area contributed by atoms with Gasteiger partial charge in [0.15, 0.2) is 0 Å². The van der Waals surface area contributed by atoms with Gasteiger partial charge in [0.05, 0.1) is 6.10 Å². The Morgan fingerprint density at radius 1 is 1.43 bits per heavy atom. The minimum atomic E-state index is -0.579. The second-order valence-electron chi connectivity index (χ2n) is 5.91. The molecule has 7 heteroatoms. The SMILES string of the molecule is CC(=O)N1CCC(Nc2cc(C(=O)NC[C@@H](C)O)ccn2)CC1. The zero-order valence-electron chi connectivity index (χ0n) is 13.6. The number of pyridine rings is 1. The fraction of sp³-hybridized carbons (Fsp3) is 0.562. The van der Waals surface area contributed by atoms with Gasteiger partial charge >= 0.3 is 0 Å². The highest BCUT2D eigenvalue weighted by molar-refractivity contribution is 5.94. The van der Waals surface area contributed by atoms with Gasteiger partial charge in [0.1, 0.15) is 5.82 Å². The monoisotopic (exact) mass is 320 g/mol. The first-order chi connectivity index (χ1) is 11.0. The summed E-state index contributed by atoms with van der Waals surface area (Å²) in [4.78, 5) is 29.4. The molecule has 7 nitrogen and oxygen atoms in total. The van der Waals surface area contributed by atoms with Crippen molar-refractivity contribution >= 4 is 17.6 Å². The summed E-state index contributed by atoms with van der Waals surface area (Å²) >= 11 is 0. The average Bonchev–Trinajstić information content (AvgIpc) is 2.53. The molecule has 1 atom stereocenters. The van der Waals surface area contributed by atoms with E-state index in [0.717, 1.165) is 25.9 Å². The summed E-state index contributed by atoms with van der Waals surface area (Å²) in [5, 5.41) is 15.2. The highest BCUT2D eigenvalue weighted by atomic mass is 16.3. The number of hydrogen-bond donors (Lipinski definition) is 3. The van der Waals surface area contributed by atoms with E-state index < -0.39 is 6.10 Å². The Labute approximate surface area is 136 Å². The number of aromatic nitrogens is 1. The molecular weight excluding hydrogens is 296 g/mol. The van der Waals surface area contributed by atoms with Gasteiger partial charge in [0, 0.05) is 44.4 Å². The number of rotatable bonds is 5. The molecule has 0 bridgehead atoms. The second-order valence-corrected chi connectivity index (χ2v) is 5.91. The van der Waals surface area contributed by atoms with E-state index in [9.17, 15) is 14.7 Å². The molecule has 1 saturated heterocycles. The third-order valence-electron chi connectivity index (χ3n) is 3.87. The van der Waals surface area contributed by atoms with Crippen LogP contribution in [-0.4, -0.2) is 58.6 Å². The molecule has 2 rings (SSSR count). The lowest BCUT2D eigenvalue weighted by Gasteiger charge is -2.32. The first-order valence-corrected chi connectivity index (χ1v) is 7.90. The van der Waals surface area contributed by atoms with Gasteiger partial charge < -0.3 is 20.6 Å². The quantitative estimate of drug-likeness (QED) is 0.739. The maximum atomic E-state index is 12.0. The third-order valence-corrected chi connectivity index (χ3v) is 3.87. The number of piperidine rings is 1. The third kappa shape index (κ3) is 5.21. The summed E-state index contributed by atoms with van der Waals surface area (Å²) < 4.78 is 0. The maximum Gasteiger partial charge on any atom is 0.251 e. The molecule has 1 aromatic heterocycles. The lowest BCUT2D eigenvalue weighted by atomic mass is 10.0. The largest absolute Gasteiger partial charge is 0.392 e. The lowest BCUT2D eigenvalue weighted by Crippen LogP contribution is -2.41. The van der Waals surface area contributed by atoms with Gasteiger partial charge in [-0.15, -0.1) is 0 Å². The number of amides is 2. The van der Waals surface area contributed by atoms with E-state index >= 15 is 0 Å². The van der Waals surface area contributed by atoms with E-state index in [1.807, 2.05) is 4.90 Å². The molecule has 0 saturated carbocycles. The van der Waals surface area contributed by atoms with Crippen molar-refractivity contribution in [1.29, 1.82) is 0 Å². The van der Waals surface area contributed by atoms with Gasteiger partial charge in [0.2, 0.25) is 5.91 Å². The minimum Gasteiger partial charge on any atom is -0.392 e. The van der Waals surface area contributed by atoms with Crippen molar-refractivity contribution in [3.8, 4) is 0 Å². The van der Waals surface area contributed by atoms with Crippen LogP contribution in [0.15, 0.2) is 18.3 Å². The molecule has 1 fully saturated rings. The second kappa shape index (κ2) is 7.92. The first-order valence-electron chi connectivity index (χ1n) is 7.90. The van der Waals surface area contributed by atoms with Gasteiger partial charge in [-0.2, -0.15) is 0 Å². The summed E-state index contributed by atoms with van der Waals surface area (Å²) in [6, 6.07) is 3.59. The summed E-state index contributed by atoms with van der Waals surface area (Å²) in [5.41, 5.74) is 0.504. The molecule has 0 aromatic carbocycles. The van der Waals surface area contributed by atoms with Gasteiger partial charge in [0.25, 0.3) is 5.91 Å². The van der Waals surface area contributed by atoms with E-state index in [2.05, 4.69) is 15.6 Å². The Bertz CT molecular complexity index is 554. The van der Waals surface area contributed by atoms with Crippen molar-refractivity contribution in [1.82, 2.24) is 15.2 Å². The van der Waals surface area contributed by atoms with Crippen LogP contribution in [0.5, 0.6) is 0 Å². The molecule has 1 aliphatic rings. The molecule has 2 amide bonds. The van der Waals surface area contributed by atoms with Crippen molar-refractivity contribution in [3.63, 3.8) is 0 Å². The zero-order chi connectivity index (χ0) is 16.8. The number of carbonyl (C=O) groups excluding carboxylic acids is 2. The Morgan fingerprint density at radius 2 is 2.13 bits per heavy atom. The summed E-state index contributed by atoms with van der Waals surface area (Å²) in [6.45, 7) is 4.90. The molecule has 126 valence electrons. The van der Waals surface area contributed by atoms with Crippen LogP contribution in [-0.2, 0) is 4.79 Å². The van der Waals surface area contributed by atoms with Crippen LogP contribution in [0.1, 0.15) is 37.0 Å². The molecule has 0 spiro atoms. The molecule has 0 aliphatic carbocycles. The number of aliphatic hydroxyl groups excluding tert-OH is 1. The Kier molecular flexibility index (Phi) is 5.92. The van der Waals surface area contributed by atoms with E-state index in [1.54, 1.807) is 32.2 Å². The fourth-order valence-corrected chi connectivity index (χ4v) is 2.54. The highest BCUT2D eigenvalue weighted by Crippen LogP contribution is 2.16. The molecule has 2 heterocycles. The van der Waals surface area contributed by atoms with Crippen LogP contribution in [0.3, 0.4) is 0 Å². The Hall–Kier alpha value is -2.15. The topological polar surface area (TPSA) is 94.6 Å². The van der Waals surface area contributed by atoms with Crippen molar-refractivity contribution < 1.29 is 14.7 Å². The standard InChI is InChI=1S/C16H24N4O3/c1-11(21)10-18-16(23)13-3-6-17-15(9-13)19-14-4-7-20(8-5-14)12(2)22/h3,6,9,11,14,21H,4-5,7-8,10H2,1-2H3,(H,17,19)(H,18,23)/t11-/m1/s1. The van der Waals surface area contributed by atoms with Crippen molar-refractivity contribution in [2.75, 3.05) is 25.0 Å². The predicted molar refractivity (Wildman–Crippen MR) is 87.1 cm³/mol. The van der Waals surface area contributed by atoms with Crippen LogP contribution < -0.4 is 10.6 Å². The van der Waals surface area contributed by atoms with Gasteiger partial charge in [-0.05, 0) is 31.9 Å². The van der Waals surface area contributed by atoms with Crippen molar-refractivity contribution in [3.05, 3.63) is 23.9 Å². The molecule has 1 aromatic rings. The first kappa shape index (κ1) is 17.2. The number of anilines is 1. The van der Waals surface area contributed by atoms with Crippen LogP contribution in [0.2, 0.25) is 0 Å². The number of carbonyl (C=O) groups is 2. The summed E-state index contributed by atoms with van der Waals surface area (Å²) in [7, 11) is 0. The van der Waals surface area contributed by atoms with Crippen LogP contribution >= 0.6 is 0 Å². The summed E-state index contributed by atoms with van der Waals surface area (Å²) in [5.74, 6) is 0.525. The van der Waals surface area contributed by atoms with Gasteiger partial charge in [-0.25, -0.2) is 4.98 Å². The predicted octanol–water partition coefficient (Wildman–Crippen LogP) is 0.615. The Morgan fingerprint density at radius 3 is 2.74 bits per heavy atom. The van der Waals surface area contributed by atoms with E-state index in [4.69, 9.17) is 0 Å². The molecule has 23 heavy (non-hydrogen) atoms. The fourth-order valence-electron chi connectivity index (χ4n) is 2.54. The van der Waals surface area contributed by atoms with Crippen molar-refractivity contribution in [2.45, 2.75) is 38.8 Å². The minimum absolute atomic E-state index is 0.110. The van der Waals surface area contributed by atoms with Crippen molar-refractivity contribution in [2.24, 2.45) is 0 Å². The number of nitrogens with one attached hydrogen (secondary N) is 2. The molecule has 1 aliphatic heterocycles. The lowest BCUT2D eigenvalue weighted by molar-refractivity contribution is -0.129. The van der Waals surface area contributed by atoms with Crippen LogP contribution in [0, 0.1) is 0 Å². The molecule has 3 N–H and O–H groups in total. The summed E-state index contributed by atoms with van der Waals surface area (Å²) in [6.07, 6.45) is 2.73. The van der Waals surface area contributed by atoms with E-state index in [1.165, 1.54) is 0 Å². The average molecular weight is 320 g/mol. The smallest absolute Gasteiger partial charge is 0.251 e. The number of aliphatic hydroxyl groups is 1. The molecule has 0 radical (unpaired) electrons. The van der Waals surface area contributed by atoms with E-state index in [0.29, 0.717) is 11.4 Å². The number of likely N-dealkylation sites (tertiary alicyclic amines) is 1. The van der Waals surface area contributed by atoms with E-state index in [-0.39, 0.29) is 24.4 Å². The van der Waals surface area contributed by atoms with Crippen LogP contribution in [0.4, 0.5) is 5.82 Å². The zero-order valence-corrected chi connectivity index (χ0v) is 13.6. The number of hydrogen-bond acceptors (Lipinski definition) is 5. The van der Waals surface area contributed by atoms with Crippen LogP contribution in [0.25, 0.3) is 0 Å². The number of nitrogens with zero attached hydrogens (tertiary/aromatic N) is 2. The molecule has 0 unspecified atom stereocenters. The van der Waals surface area contributed by atoms with Gasteiger partial charge in [-0.3, -0.25) is 9.59 Å². The molecular formula is C16H24N4O3. The normalized spacial score (nSPS) is 16.7. The van der Waals surface area contributed by atoms with Gasteiger partial charge in [-0.1, -0.05) is 0 Å². The maximum absolute atomic E-state index is 12.0. The Balaban J connectivity index is 1.90. The highest BCUT2D eigenvalue weighted by Gasteiger charge is 2.21.